The van der Waals surface area contributed by atoms with Crippen molar-refractivity contribution >= 4 is 17.9 Å². The van der Waals surface area contributed by atoms with Crippen molar-refractivity contribution in [1.29, 1.82) is 0 Å². The Morgan fingerprint density at radius 1 is 0.400 bits per heavy atom. The average Bonchev–Trinajstić information content (AvgIpc) is 3.38. The Labute approximate surface area is 459 Å². The van der Waals surface area contributed by atoms with Crippen LogP contribution in [0.25, 0.3) is 0 Å². The molecule has 0 aliphatic rings. The highest BCUT2D eigenvalue weighted by Gasteiger charge is 2.25. The summed E-state index contributed by atoms with van der Waals surface area (Å²) in [5, 5.41) is 9.69. The molecule has 0 aromatic heterocycles. The first-order valence-electron chi connectivity index (χ1n) is 29.7. The lowest BCUT2D eigenvalue weighted by Gasteiger charge is -2.25. The van der Waals surface area contributed by atoms with E-state index in [4.69, 9.17) is 18.9 Å². The SMILES string of the molecule is CC/C=C\C/C=C\C/C=C\C/C=C\C/C=C\C/C=C\C/C=C\CCCCCCCCCCCCCCCCCC(=O)OC(COC(=O)CCCCC/C=C\C/C=C\C/C=C\CC)COC(OCC[N+](C)(C)C)C(=O)O. The van der Waals surface area contributed by atoms with Gasteiger partial charge in [0.2, 0.25) is 0 Å². The Kier molecular flexibility index (Phi) is 52.7. The monoisotopic (exact) mass is 1040 g/mol. The van der Waals surface area contributed by atoms with E-state index in [1.807, 2.05) is 21.1 Å². The Balaban J connectivity index is 4.10. The van der Waals surface area contributed by atoms with E-state index in [1.165, 1.54) is 77.0 Å². The van der Waals surface area contributed by atoms with Gasteiger partial charge in [-0.05, 0) is 103 Å². The number of aliphatic carboxylic acids is 1. The van der Waals surface area contributed by atoms with Crippen LogP contribution >= 0.6 is 0 Å². The van der Waals surface area contributed by atoms with E-state index in [0.717, 1.165) is 103 Å². The van der Waals surface area contributed by atoms with Crippen molar-refractivity contribution in [1.82, 2.24) is 0 Å². The van der Waals surface area contributed by atoms with Crippen molar-refractivity contribution < 1.29 is 42.9 Å². The molecule has 9 heteroatoms. The van der Waals surface area contributed by atoms with Crippen LogP contribution in [-0.2, 0) is 33.3 Å². The minimum atomic E-state index is -1.52. The Hall–Kier alpha value is -4.31. The number of carbonyl (C=O) groups is 3. The van der Waals surface area contributed by atoms with Gasteiger partial charge in [0.25, 0.3) is 6.29 Å². The molecular formula is C66H110NO8+. The summed E-state index contributed by atoms with van der Waals surface area (Å²) >= 11 is 0. The summed E-state index contributed by atoms with van der Waals surface area (Å²) < 4.78 is 22.8. The van der Waals surface area contributed by atoms with Gasteiger partial charge in [-0.2, -0.15) is 0 Å². The van der Waals surface area contributed by atoms with Crippen LogP contribution in [0.1, 0.15) is 219 Å². The van der Waals surface area contributed by atoms with Crippen molar-refractivity contribution in [2.45, 2.75) is 232 Å². The summed E-state index contributed by atoms with van der Waals surface area (Å²) in [5.74, 6) is -2.05. The fraction of sp³-hybridized carbons (Fsp3) is 0.652. The largest absolute Gasteiger partial charge is 0.477 e. The number of hydrogen-bond donors (Lipinski definition) is 1. The van der Waals surface area contributed by atoms with Crippen LogP contribution in [0.4, 0.5) is 0 Å². The maximum Gasteiger partial charge on any atom is 0.361 e. The van der Waals surface area contributed by atoms with Crippen LogP contribution in [0, 0.1) is 0 Å². The average molecular weight is 1050 g/mol. The van der Waals surface area contributed by atoms with Crippen LogP contribution in [0.5, 0.6) is 0 Å². The van der Waals surface area contributed by atoms with Crippen molar-refractivity contribution in [3.63, 3.8) is 0 Å². The zero-order valence-electron chi connectivity index (χ0n) is 48.4. The standard InChI is InChI=1S/C66H109NO8/c1-6-8-10-12-14-16-18-20-21-22-23-24-25-26-27-28-29-30-31-32-33-34-35-36-37-38-39-40-41-42-43-45-47-49-51-53-55-57-64(69)75-62(61-74-66(65(70)71)72-59-58-67(3,4)5)60-73-63(68)56-54-52-50-48-46-44-19-17-15-13-11-9-7-2/h8-11,14-17,20-21,23-24,26-27,29-30,32-33,44,46,62,66H,6-7,12-13,18-19,22,25,28,31,34-43,45,47-61H2,1-5H3/p+1/b10-8-,11-9-,16-14-,17-15-,21-20-,24-23-,27-26-,30-29-,33-32-,46-44-. The number of carboxylic acids is 1. The summed E-state index contributed by atoms with van der Waals surface area (Å²) in [7, 11) is 5.95. The molecule has 0 fully saturated rings. The Morgan fingerprint density at radius 2 is 0.720 bits per heavy atom. The second-order valence-electron chi connectivity index (χ2n) is 20.5. The molecule has 0 bridgehead atoms. The minimum absolute atomic E-state index is 0.178. The van der Waals surface area contributed by atoms with Crippen LogP contribution < -0.4 is 0 Å². The maximum atomic E-state index is 12.9. The normalized spacial score (nSPS) is 13.7. The number of hydrogen-bond acceptors (Lipinski definition) is 7. The van der Waals surface area contributed by atoms with Crippen LogP contribution in [-0.4, -0.2) is 87.4 Å². The molecule has 0 aromatic carbocycles. The lowest BCUT2D eigenvalue weighted by Crippen LogP contribution is -2.40. The second kappa shape index (κ2) is 55.9. The lowest BCUT2D eigenvalue weighted by molar-refractivity contribution is -0.870. The van der Waals surface area contributed by atoms with Gasteiger partial charge in [-0.1, -0.05) is 225 Å². The quantitative estimate of drug-likeness (QED) is 0.0211. The molecular weight excluding hydrogens is 935 g/mol. The molecule has 9 nitrogen and oxygen atoms in total. The summed E-state index contributed by atoms with van der Waals surface area (Å²) in [6.45, 7) is 4.60. The van der Waals surface area contributed by atoms with E-state index >= 15 is 0 Å². The fourth-order valence-corrected chi connectivity index (χ4v) is 7.71. The predicted octanol–water partition coefficient (Wildman–Crippen LogP) is 17.7. The zero-order valence-corrected chi connectivity index (χ0v) is 48.4. The molecule has 0 amide bonds. The van der Waals surface area contributed by atoms with Gasteiger partial charge in [-0.3, -0.25) is 9.59 Å². The number of likely N-dealkylation sites (N-methyl/N-ethyl adjacent to an activating group) is 1. The molecule has 2 atom stereocenters. The second-order valence-corrected chi connectivity index (χ2v) is 20.5. The number of carbonyl (C=O) groups excluding carboxylic acids is 2. The third-order valence-corrected chi connectivity index (χ3v) is 12.2. The van der Waals surface area contributed by atoms with Gasteiger partial charge < -0.3 is 28.5 Å². The minimum Gasteiger partial charge on any atom is -0.477 e. The van der Waals surface area contributed by atoms with E-state index in [2.05, 4.69) is 135 Å². The summed E-state index contributed by atoms with van der Waals surface area (Å²) in [6.07, 6.45) is 75.9. The van der Waals surface area contributed by atoms with Gasteiger partial charge in [0.05, 0.1) is 34.4 Å². The number of rotatable bonds is 53. The third-order valence-electron chi connectivity index (χ3n) is 12.2. The molecule has 0 saturated carbocycles. The van der Waals surface area contributed by atoms with E-state index in [-0.39, 0.29) is 38.6 Å². The summed E-state index contributed by atoms with van der Waals surface area (Å²) in [5.41, 5.74) is 0. The van der Waals surface area contributed by atoms with Crippen molar-refractivity contribution in [2.75, 3.05) is 47.5 Å². The molecule has 2 unspecified atom stereocenters. The van der Waals surface area contributed by atoms with E-state index < -0.39 is 24.3 Å². The summed E-state index contributed by atoms with van der Waals surface area (Å²) in [4.78, 5) is 37.3. The highest BCUT2D eigenvalue weighted by atomic mass is 16.7. The molecule has 0 aromatic rings. The smallest absolute Gasteiger partial charge is 0.361 e. The molecule has 0 spiro atoms. The number of carboxylic acid groups (broad SMARTS) is 1. The molecule has 426 valence electrons. The van der Waals surface area contributed by atoms with E-state index in [1.54, 1.807) is 0 Å². The van der Waals surface area contributed by atoms with Crippen molar-refractivity contribution in [3.8, 4) is 0 Å². The number of ether oxygens (including phenoxy) is 4. The van der Waals surface area contributed by atoms with Crippen LogP contribution in [0.2, 0.25) is 0 Å². The number of nitrogens with zero attached hydrogens (tertiary/aromatic N) is 1. The fourth-order valence-electron chi connectivity index (χ4n) is 7.71. The molecule has 0 rings (SSSR count). The maximum absolute atomic E-state index is 12.9. The summed E-state index contributed by atoms with van der Waals surface area (Å²) in [6, 6.07) is 0. The highest BCUT2D eigenvalue weighted by molar-refractivity contribution is 5.71. The molecule has 0 aliphatic carbocycles. The number of unbranched alkanes of at least 4 members (excludes halogenated alkanes) is 18. The van der Waals surface area contributed by atoms with Gasteiger partial charge >= 0.3 is 17.9 Å². The number of quaternary nitrogens is 1. The third kappa shape index (κ3) is 57.2. The van der Waals surface area contributed by atoms with Gasteiger partial charge in [0.15, 0.2) is 6.10 Å². The highest BCUT2D eigenvalue weighted by Crippen LogP contribution is 2.15. The Bertz CT molecular complexity index is 1640. The molecule has 1 N–H and O–H groups in total. The molecule has 0 radical (unpaired) electrons. The lowest BCUT2D eigenvalue weighted by atomic mass is 10.0. The van der Waals surface area contributed by atoms with Crippen LogP contribution in [0.3, 0.4) is 0 Å². The van der Waals surface area contributed by atoms with Gasteiger partial charge in [0, 0.05) is 12.8 Å². The topological polar surface area (TPSA) is 108 Å². The molecule has 75 heavy (non-hydrogen) atoms. The zero-order chi connectivity index (χ0) is 54.8. The number of allylic oxidation sites excluding steroid dienone is 20. The first-order valence-corrected chi connectivity index (χ1v) is 29.7. The first-order chi connectivity index (χ1) is 36.6. The van der Waals surface area contributed by atoms with E-state index in [9.17, 15) is 19.5 Å². The van der Waals surface area contributed by atoms with Crippen molar-refractivity contribution in [2.24, 2.45) is 0 Å². The number of esters is 2. The van der Waals surface area contributed by atoms with Crippen LogP contribution in [0.15, 0.2) is 122 Å². The van der Waals surface area contributed by atoms with Crippen molar-refractivity contribution in [3.05, 3.63) is 122 Å². The molecule has 0 aliphatic heterocycles. The Morgan fingerprint density at radius 3 is 1.08 bits per heavy atom. The first kappa shape index (κ1) is 70.7. The van der Waals surface area contributed by atoms with Gasteiger partial charge in [0.1, 0.15) is 13.2 Å². The van der Waals surface area contributed by atoms with Gasteiger partial charge in [-0.25, -0.2) is 4.79 Å². The van der Waals surface area contributed by atoms with Gasteiger partial charge in [-0.15, -0.1) is 0 Å². The molecule has 0 saturated heterocycles. The predicted molar refractivity (Wildman–Crippen MR) is 318 cm³/mol. The molecule has 0 heterocycles. The van der Waals surface area contributed by atoms with E-state index in [0.29, 0.717) is 23.9 Å².